The first-order chi connectivity index (χ1) is 16.9. The second kappa shape index (κ2) is 11.5. The molecule has 0 aliphatic carbocycles. The maximum absolute atomic E-state index is 13.1. The van der Waals surface area contributed by atoms with Gasteiger partial charge in [0.05, 0.1) is 23.4 Å². The maximum atomic E-state index is 13.1. The fourth-order valence-corrected chi connectivity index (χ4v) is 6.75. The minimum absolute atomic E-state index is 0.367. The van der Waals surface area contributed by atoms with Gasteiger partial charge in [-0.05, 0) is 67.1 Å². The van der Waals surface area contributed by atoms with Crippen LogP contribution in [0.15, 0.2) is 63.8 Å². The maximum Gasteiger partial charge on any atom is 0.243 e. The topological polar surface area (TPSA) is 63.9 Å². The second-order valence-electron chi connectivity index (χ2n) is 9.18. The molecule has 0 spiro atoms. The zero-order valence-electron chi connectivity index (χ0n) is 20.8. The molecule has 1 saturated heterocycles. The van der Waals surface area contributed by atoms with E-state index in [0.717, 1.165) is 66.1 Å². The lowest BCUT2D eigenvalue weighted by Crippen LogP contribution is -2.37. The third-order valence-corrected chi connectivity index (χ3v) is 9.39. The molecular weight excluding hydrogens is 478 g/mol. The van der Waals surface area contributed by atoms with Crippen LogP contribution in [-0.4, -0.2) is 37.5 Å². The number of aromatic nitrogens is 1. The number of ether oxygens (including phenoxy) is 1. The second-order valence-corrected chi connectivity index (χ2v) is 12.0. The van der Waals surface area contributed by atoms with Crippen LogP contribution in [0.2, 0.25) is 0 Å². The first-order valence-electron chi connectivity index (χ1n) is 12.4. The number of hydrogen-bond acceptors (Lipinski definition) is 5. The summed E-state index contributed by atoms with van der Waals surface area (Å²) in [6.45, 7) is 6.45. The molecule has 6 nitrogen and oxygen atoms in total. The summed E-state index contributed by atoms with van der Waals surface area (Å²) in [5.41, 5.74) is 2.94. The molecule has 188 valence electrons. The first kappa shape index (κ1) is 25.7. The number of methoxy groups -OCH3 is 1. The van der Waals surface area contributed by atoms with E-state index < -0.39 is 10.0 Å². The molecule has 35 heavy (non-hydrogen) atoms. The van der Waals surface area contributed by atoms with Crippen LogP contribution in [0.5, 0.6) is 5.75 Å². The van der Waals surface area contributed by atoms with Crippen molar-refractivity contribution in [3.63, 3.8) is 0 Å². The summed E-state index contributed by atoms with van der Waals surface area (Å²) in [6.07, 6.45) is 5.20. The fourth-order valence-electron chi connectivity index (χ4n) is 4.32. The lowest BCUT2D eigenvalue weighted by atomic mass is 10.0. The van der Waals surface area contributed by atoms with Gasteiger partial charge in [-0.15, -0.1) is 11.3 Å². The van der Waals surface area contributed by atoms with E-state index in [1.54, 1.807) is 34.9 Å². The smallest absolute Gasteiger partial charge is 0.243 e. The van der Waals surface area contributed by atoms with E-state index in [4.69, 9.17) is 9.73 Å². The van der Waals surface area contributed by atoms with Crippen LogP contribution in [0.25, 0.3) is 11.3 Å². The molecule has 0 amide bonds. The number of benzene rings is 2. The van der Waals surface area contributed by atoms with Crippen molar-refractivity contribution >= 4 is 27.0 Å². The van der Waals surface area contributed by atoms with Gasteiger partial charge in [0.2, 0.25) is 10.0 Å². The molecule has 1 aromatic heterocycles. The summed E-state index contributed by atoms with van der Waals surface area (Å²) >= 11 is 1.61. The average molecular weight is 514 g/mol. The molecule has 2 heterocycles. The van der Waals surface area contributed by atoms with Crippen molar-refractivity contribution in [3.05, 3.63) is 58.7 Å². The molecule has 0 atom stereocenters. The predicted molar refractivity (Wildman–Crippen MR) is 143 cm³/mol. The van der Waals surface area contributed by atoms with E-state index in [-0.39, 0.29) is 0 Å². The number of rotatable bonds is 9. The van der Waals surface area contributed by atoms with Crippen LogP contribution < -0.4 is 9.54 Å². The Morgan fingerprint density at radius 3 is 2.34 bits per heavy atom. The Morgan fingerprint density at radius 2 is 1.71 bits per heavy atom. The van der Waals surface area contributed by atoms with Gasteiger partial charge in [0.1, 0.15) is 5.75 Å². The quantitative estimate of drug-likeness (QED) is 0.326. The van der Waals surface area contributed by atoms with Gasteiger partial charge in [-0.1, -0.05) is 38.8 Å². The molecule has 3 aromatic rings. The standard InChI is InChI=1S/C27H35N3O3S2/c1-4-5-6-17-30-26(20-34-27(30)28-23-9-11-24(33-3)12-10-23)22-7-13-25(14-8-22)35(31,32)29-18-15-21(2)16-19-29/h7-14,20-21H,4-6,15-19H2,1-3H3. The number of thiazole rings is 1. The van der Waals surface area contributed by atoms with Crippen molar-refractivity contribution in [2.45, 2.75) is 57.4 Å². The summed E-state index contributed by atoms with van der Waals surface area (Å²) < 4.78 is 35.4. The van der Waals surface area contributed by atoms with Crippen LogP contribution in [0.1, 0.15) is 46.0 Å². The SMILES string of the molecule is CCCCCn1c(-c2ccc(S(=O)(=O)N3CCC(C)CC3)cc2)csc1=Nc1ccc(OC)cc1. The van der Waals surface area contributed by atoms with Gasteiger partial charge in [0.15, 0.2) is 4.80 Å². The molecule has 2 aromatic carbocycles. The van der Waals surface area contributed by atoms with Crippen molar-refractivity contribution in [3.8, 4) is 17.0 Å². The molecule has 4 rings (SSSR count). The van der Waals surface area contributed by atoms with Gasteiger partial charge < -0.3 is 9.30 Å². The van der Waals surface area contributed by atoms with Crippen molar-refractivity contribution in [2.24, 2.45) is 10.9 Å². The minimum atomic E-state index is -3.45. The zero-order valence-corrected chi connectivity index (χ0v) is 22.4. The molecular formula is C27H35N3O3S2. The van der Waals surface area contributed by atoms with Gasteiger partial charge in [-0.2, -0.15) is 4.31 Å². The highest BCUT2D eigenvalue weighted by molar-refractivity contribution is 7.89. The Hall–Kier alpha value is -2.42. The number of nitrogens with zero attached hydrogens (tertiary/aromatic N) is 3. The number of piperidine rings is 1. The summed E-state index contributed by atoms with van der Waals surface area (Å²) in [7, 11) is -1.80. The monoisotopic (exact) mass is 513 g/mol. The summed E-state index contributed by atoms with van der Waals surface area (Å²) in [6, 6.07) is 15.1. The largest absolute Gasteiger partial charge is 0.497 e. The van der Waals surface area contributed by atoms with Gasteiger partial charge >= 0.3 is 0 Å². The zero-order chi connectivity index (χ0) is 24.8. The van der Waals surface area contributed by atoms with E-state index in [9.17, 15) is 8.42 Å². The normalized spacial score (nSPS) is 16.0. The number of sulfonamides is 1. The van der Waals surface area contributed by atoms with E-state index in [1.807, 2.05) is 36.4 Å². The van der Waals surface area contributed by atoms with Gasteiger partial charge in [0, 0.05) is 25.0 Å². The molecule has 0 radical (unpaired) electrons. The average Bonchev–Trinajstić information content (AvgIpc) is 3.27. The third kappa shape index (κ3) is 6.05. The van der Waals surface area contributed by atoms with E-state index in [1.165, 1.54) is 0 Å². The van der Waals surface area contributed by atoms with Crippen LogP contribution in [0.4, 0.5) is 5.69 Å². The van der Waals surface area contributed by atoms with E-state index >= 15 is 0 Å². The lowest BCUT2D eigenvalue weighted by molar-refractivity contribution is 0.288. The molecule has 8 heteroatoms. The van der Waals surface area contributed by atoms with Gasteiger partial charge in [-0.25, -0.2) is 13.4 Å². The molecule has 0 unspecified atom stereocenters. The van der Waals surface area contributed by atoms with Crippen LogP contribution >= 0.6 is 11.3 Å². The van der Waals surface area contributed by atoms with Gasteiger partial charge in [0.25, 0.3) is 0 Å². The van der Waals surface area contributed by atoms with Crippen molar-refractivity contribution in [2.75, 3.05) is 20.2 Å². The Balaban J connectivity index is 1.64. The summed E-state index contributed by atoms with van der Waals surface area (Å²) in [4.78, 5) is 6.19. The summed E-state index contributed by atoms with van der Waals surface area (Å²) in [5, 5.41) is 2.11. The van der Waals surface area contributed by atoms with Gasteiger partial charge in [-0.3, -0.25) is 0 Å². The Morgan fingerprint density at radius 1 is 1.03 bits per heavy atom. The van der Waals surface area contributed by atoms with Crippen molar-refractivity contribution in [1.29, 1.82) is 0 Å². The Labute approximate surface area is 213 Å². The third-order valence-electron chi connectivity index (χ3n) is 6.61. The number of unbranched alkanes of at least 4 members (excludes halogenated alkanes) is 2. The number of hydrogen-bond donors (Lipinski definition) is 0. The van der Waals surface area contributed by atoms with Crippen molar-refractivity contribution < 1.29 is 13.2 Å². The molecule has 0 bridgehead atoms. The van der Waals surface area contributed by atoms with Crippen LogP contribution in [-0.2, 0) is 16.6 Å². The highest BCUT2D eigenvalue weighted by Crippen LogP contribution is 2.27. The first-order valence-corrected chi connectivity index (χ1v) is 14.7. The van der Waals surface area contributed by atoms with Crippen LogP contribution in [0, 0.1) is 5.92 Å². The molecule has 0 saturated carbocycles. The van der Waals surface area contributed by atoms with Crippen molar-refractivity contribution in [1.82, 2.24) is 8.87 Å². The van der Waals surface area contributed by atoms with E-state index in [2.05, 4.69) is 23.8 Å². The molecule has 1 fully saturated rings. The highest BCUT2D eigenvalue weighted by atomic mass is 32.2. The Bertz CT molecular complexity index is 1270. The molecule has 1 aliphatic heterocycles. The minimum Gasteiger partial charge on any atom is -0.497 e. The lowest BCUT2D eigenvalue weighted by Gasteiger charge is -2.29. The summed E-state index contributed by atoms with van der Waals surface area (Å²) in [5.74, 6) is 1.39. The Kier molecular flexibility index (Phi) is 8.46. The predicted octanol–water partition coefficient (Wildman–Crippen LogP) is 6.07. The fraction of sp³-hybridized carbons (Fsp3) is 0.444. The highest BCUT2D eigenvalue weighted by Gasteiger charge is 2.28. The molecule has 0 N–H and O–H groups in total. The molecule has 1 aliphatic rings. The van der Waals surface area contributed by atoms with E-state index in [0.29, 0.717) is 23.9 Å². The van der Waals surface area contributed by atoms with Crippen LogP contribution in [0.3, 0.4) is 0 Å².